The number of carbonyl (C=O) groups is 1. The van der Waals surface area contributed by atoms with E-state index in [1.165, 1.54) is 0 Å². The summed E-state index contributed by atoms with van der Waals surface area (Å²) in [7, 11) is 0. The van der Waals surface area contributed by atoms with Crippen LogP contribution in [-0.4, -0.2) is 42.1 Å². The van der Waals surface area contributed by atoms with E-state index in [2.05, 4.69) is 29.4 Å². The van der Waals surface area contributed by atoms with Crippen molar-refractivity contribution in [2.45, 2.75) is 25.6 Å². The van der Waals surface area contributed by atoms with Gasteiger partial charge in [0.1, 0.15) is 6.04 Å². The Morgan fingerprint density at radius 1 is 1.58 bits per heavy atom. The van der Waals surface area contributed by atoms with E-state index in [0.717, 1.165) is 19.6 Å². The topological polar surface area (TPSA) is 44.4 Å². The minimum atomic E-state index is -0.149. The second-order valence-corrected chi connectivity index (χ2v) is 3.96. The van der Waals surface area contributed by atoms with Gasteiger partial charge in [0.15, 0.2) is 0 Å². The highest BCUT2D eigenvalue weighted by Gasteiger charge is 2.45. The van der Waals surface area contributed by atoms with Gasteiger partial charge >= 0.3 is 0 Å². The monoisotopic (exact) mass is 169 g/mol. The summed E-state index contributed by atoms with van der Waals surface area (Å²) in [6, 6.07) is 0.0498. The summed E-state index contributed by atoms with van der Waals surface area (Å²) < 4.78 is 0. The molecule has 0 aromatic carbocycles. The molecule has 0 aromatic heterocycles. The van der Waals surface area contributed by atoms with Crippen LogP contribution in [0.5, 0.6) is 0 Å². The molecule has 2 saturated heterocycles. The van der Waals surface area contributed by atoms with Crippen molar-refractivity contribution in [2.24, 2.45) is 0 Å². The smallest absolute Gasteiger partial charge is 0.240 e. The van der Waals surface area contributed by atoms with Crippen molar-refractivity contribution < 1.29 is 4.79 Å². The maximum Gasteiger partial charge on any atom is 0.240 e. The molecule has 2 N–H and O–H groups in total. The molecule has 12 heavy (non-hydrogen) atoms. The summed E-state index contributed by atoms with van der Waals surface area (Å²) in [6.45, 7) is 6.83. The Morgan fingerprint density at radius 3 is 3.00 bits per heavy atom. The number of hydrogen-bond donors (Lipinski definition) is 2. The van der Waals surface area contributed by atoms with Gasteiger partial charge in [0.2, 0.25) is 5.91 Å². The van der Waals surface area contributed by atoms with Crippen molar-refractivity contribution >= 4 is 5.91 Å². The van der Waals surface area contributed by atoms with Crippen LogP contribution in [0.2, 0.25) is 0 Å². The number of amides is 1. The summed E-state index contributed by atoms with van der Waals surface area (Å²) in [5.41, 5.74) is -0.149. The predicted octanol–water partition coefficient (Wildman–Crippen LogP) is -0.874. The Balaban J connectivity index is 2.22. The van der Waals surface area contributed by atoms with Gasteiger partial charge in [-0.3, -0.25) is 9.69 Å². The number of carbonyl (C=O) groups excluding carboxylic acids is 1. The van der Waals surface area contributed by atoms with Crippen molar-refractivity contribution in [2.75, 3.05) is 19.6 Å². The summed E-state index contributed by atoms with van der Waals surface area (Å²) in [6.07, 6.45) is 0. The SMILES string of the molecule is CC1(C)NC(=O)[C@H]2CNCCN21. The third kappa shape index (κ3) is 1.03. The Hall–Kier alpha value is -0.610. The van der Waals surface area contributed by atoms with Gasteiger partial charge in [0.05, 0.1) is 5.66 Å². The fourth-order valence-corrected chi connectivity index (χ4v) is 2.06. The first-order valence-electron chi connectivity index (χ1n) is 4.41. The van der Waals surface area contributed by atoms with Gasteiger partial charge in [-0.15, -0.1) is 0 Å². The summed E-state index contributed by atoms with van der Waals surface area (Å²) >= 11 is 0. The lowest BCUT2D eigenvalue weighted by Crippen LogP contribution is -2.56. The number of nitrogens with zero attached hydrogens (tertiary/aromatic N) is 1. The largest absolute Gasteiger partial charge is 0.337 e. The lowest BCUT2D eigenvalue weighted by molar-refractivity contribution is -0.121. The highest BCUT2D eigenvalue weighted by molar-refractivity contribution is 5.85. The van der Waals surface area contributed by atoms with Gasteiger partial charge in [0, 0.05) is 19.6 Å². The molecule has 2 fully saturated rings. The molecule has 1 amide bonds. The third-order valence-corrected chi connectivity index (χ3v) is 2.69. The van der Waals surface area contributed by atoms with E-state index in [0.29, 0.717) is 0 Å². The van der Waals surface area contributed by atoms with E-state index in [9.17, 15) is 4.79 Å². The van der Waals surface area contributed by atoms with Crippen LogP contribution in [-0.2, 0) is 4.79 Å². The Bertz CT molecular complexity index is 214. The van der Waals surface area contributed by atoms with Crippen LogP contribution in [0.1, 0.15) is 13.8 Å². The summed E-state index contributed by atoms with van der Waals surface area (Å²) in [5.74, 6) is 0.159. The molecule has 4 heteroatoms. The first kappa shape index (κ1) is 8.01. The average Bonchev–Trinajstić information content (AvgIpc) is 2.25. The van der Waals surface area contributed by atoms with Gasteiger partial charge in [-0.25, -0.2) is 0 Å². The molecule has 0 aromatic rings. The molecule has 0 bridgehead atoms. The van der Waals surface area contributed by atoms with Gasteiger partial charge < -0.3 is 10.6 Å². The van der Waals surface area contributed by atoms with Crippen molar-refractivity contribution in [1.29, 1.82) is 0 Å². The quantitative estimate of drug-likeness (QED) is 0.495. The Labute approximate surface area is 72.3 Å². The van der Waals surface area contributed by atoms with Gasteiger partial charge in [-0.05, 0) is 13.8 Å². The molecule has 0 aliphatic carbocycles. The van der Waals surface area contributed by atoms with E-state index in [4.69, 9.17) is 0 Å². The van der Waals surface area contributed by atoms with Crippen LogP contribution in [0.3, 0.4) is 0 Å². The molecule has 0 radical (unpaired) electrons. The summed E-state index contributed by atoms with van der Waals surface area (Å²) in [5, 5.41) is 6.20. The van der Waals surface area contributed by atoms with Crippen molar-refractivity contribution in [3.8, 4) is 0 Å². The second-order valence-electron chi connectivity index (χ2n) is 3.96. The molecule has 0 unspecified atom stereocenters. The normalized spacial score (nSPS) is 34.5. The van der Waals surface area contributed by atoms with Crippen molar-refractivity contribution in [3.63, 3.8) is 0 Å². The second kappa shape index (κ2) is 2.44. The lowest BCUT2D eigenvalue weighted by atomic mass is 10.1. The van der Waals surface area contributed by atoms with E-state index in [1.807, 2.05) is 0 Å². The Morgan fingerprint density at radius 2 is 2.33 bits per heavy atom. The van der Waals surface area contributed by atoms with E-state index >= 15 is 0 Å². The molecule has 0 saturated carbocycles. The molecule has 0 spiro atoms. The first-order valence-corrected chi connectivity index (χ1v) is 4.41. The molecule has 68 valence electrons. The van der Waals surface area contributed by atoms with Crippen LogP contribution in [0.25, 0.3) is 0 Å². The molecule has 2 aliphatic heterocycles. The highest BCUT2D eigenvalue weighted by Crippen LogP contribution is 2.22. The lowest BCUT2D eigenvalue weighted by Gasteiger charge is -2.36. The molecule has 2 aliphatic rings. The zero-order valence-electron chi connectivity index (χ0n) is 7.55. The standard InChI is InChI=1S/C8H15N3O/c1-8(2)10-7(12)6-5-9-3-4-11(6)8/h6,9H,3-5H2,1-2H3,(H,10,12)/t6-/m1/s1. The van der Waals surface area contributed by atoms with E-state index in [1.54, 1.807) is 0 Å². The fraction of sp³-hybridized carbons (Fsp3) is 0.875. The number of fused-ring (bicyclic) bond motifs is 1. The Kier molecular flexibility index (Phi) is 1.63. The molecule has 1 atom stereocenters. The minimum absolute atomic E-state index is 0.0498. The molecular weight excluding hydrogens is 154 g/mol. The zero-order valence-corrected chi connectivity index (χ0v) is 7.55. The van der Waals surface area contributed by atoms with E-state index < -0.39 is 0 Å². The third-order valence-electron chi connectivity index (χ3n) is 2.69. The minimum Gasteiger partial charge on any atom is -0.337 e. The molecule has 4 nitrogen and oxygen atoms in total. The van der Waals surface area contributed by atoms with Crippen LogP contribution in [0.15, 0.2) is 0 Å². The molecule has 2 rings (SSSR count). The maximum absolute atomic E-state index is 11.4. The van der Waals surface area contributed by atoms with Crippen LogP contribution < -0.4 is 10.6 Å². The van der Waals surface area contributed by atoms with Gasteiger partial charge in [-0.1, -0.05) is 0 Å². The van der Waals surface area contributed by atoms with Crippen molar-refractivity contribution in [3.05, 3.63) is 0 Å². The predicted molar refractivity (Wildman–Crippen MR) is 45.6 cm³/mol. The molecule has 2 heterocycles. The maximum atomic E-state index is 11.4. The number of rotatable bonds is 0. The van der Waals surface area contributed by atoms with E-state index in [-0.39, 0.29) is 17.6 Å². The zero-order chi connectivity index (χ0) is 8.77. The number of hydrogen-bond acceptors (Lipinski definition) is 3. The average molecular weight is 169 g/mol. The van der Waals surface area contributed by atoms with Gasteiger partial charge in [0.25, 0.3) is 0 Å². The van der Waals surface area contributed by atoms with Crippen LogP contribution in [0, 0.1) is 0 Å². The van der Waals surface area contributed by atoms with Crippen LogP contribution in [0.4, 0.5) is 0 Å². The number of piperazine rings is 1. The number of nitrogens with one attached hydrogen (secondary N) is 2. The van der Waals surface area contributed by atoms with Gasteiger partial charge in [-0.2, -0.15) is 0 Å². The fourth-order valence-electron chi connectivity index (χ4n) is 2.06. The highest BCUT2D eigenvalue weighted by atomic mass is 16.2. The molecular formula is C8H15N3O. The van der Waals surface area contributed by atoms with Crippen molar-refractivity contribution in [1.82, 2.24) is 15.5 Å². The van der Waals surface area contributed by atoms with Crippen LogP contribution >= 0.6 is 0 Å². The first-order chi connectivity index (χ1) is 5.61. The summed E-state index contributed by atoms with van der Waals surface area (Å²) in [4.78, 5) is 13.7.